The molecule has 0 amide bonds. The molecule has 0 bridgehead atoms. The van der Waals surface area contributed by atoms with E-state index in [1.165, 1.54) is 17.4 Å². The van der Waals surface area contributed by atoms with Gasteiger partial charge in [0.2, 0.25) is 5.13 Å². The number of fused-ring (bicyclic) bond motifs is 1. The van der Waals surface area contributed by atoms with Crippen LogP contribution in [0.15, 0.2) is 72.8 Å². The molecule has 35 heavy (non-hydrogen) atoms. The summed E-state index contributed by atoms with van der Waals surface area (Å²) in [6.45, 7) is 0.351. The van der Waals surface area contributed by atoms with E-state index >= 15 is 0 Å². The lowest BCUT2D eigenvalue weighted by molar-refractivity contribution is -0.137. The third kappa shape index (κ3) is 5.18. The minimum atomic E-state index is -4.37. The summed E-state index contributed by atoms with van der Waals surface area (Å²) in [7, 11) is 0. The van der Waals surface area contributed by atoms with Crippen molar-refractivity contribution in [2.24, 2.45) is 5.73 Å². The SMILES string of the molecule is NC(CNc1nnc(-c2ccc3[nH]nc(-c4ccccc4)c3c2)s1)Cc1cccc(C(F)(F)F)c1. The second-order valence-electron chi connectivity index (χ2n) is 8.15. The molecule has 10 heteroatoms. The number of rotatable bonds is 7. The molecular formula is C25H21F3N6S. The maximum Gasteiger partial charge on any atom is 0.416 e. The van der Waals surface area contributed by atoms with E-state index in [4.69, 9.17) is 5.73 Å². The van der Waals surface area contributed by atoms with E-state index in [1.807, 2.05) is 48.5 Å². The number of alkyl halides is 3. The van der Waals surface area contributed by atoms with Crippen molar-refractivity contribution in [1.82, 2.24) is 20.4 Å². The molecular weight excluding hydrogens is 473 g/mol. The Labute approximate surface area is 203 Å². The minimum Gasteiger partial charge on any atom is -0.359 e. The van der Waals surface area contributed by atoms with Crippen molar-refractivity contribution >= 4 is 27.4 Å². The van der Waals surface area contributed by atoms with Gasteiger partial charge in [-0.1, -0.05) is 59.9 Å². The van der Waals surface area contributed by atoms with E-state index in [1.54, 1.807) is 6.07 Å². The van der Waals surface area contributed by atoms with Crippen LogP contribution in [0, 0.1) is 0 Å². The Kier molecular flexibility index (Phi) is 6.23. The van der Waals surface area contributed by atoms with Gasteiger partial charge in [0.15, 0.2) is 0 Å². The molecule has 4 N–H and O–H groups in total. The monoisotopic (exact) mass is 494 g/mol. The molecule has 0 aliphatic rings. The second-order valence-corrected chi connectivity index (χ2v) is 9.13. The summed E-state index contributed by atoms with van der Waals surface area (Å²) in [5, 5.41) is 21.5. The van der Waals surface area contributed by atoms with Crippen molar-refractivity contribution in [3.05, 3.63) is 83.9 Å². The predicted molar refractivity (Wildman–Crippen MR) is 132 cm³/mol. The minimum absolute atomic E-state index is 0.308. The van der Waals surface area contributed by atoms with E-state index in [-0.39, 0.29) is 6.04 Å². The molecule has 178 valence electrons. The van der Waals surface area contributed by atoms with Crippen LogP contribution in [0.4, 0.5) is 18.3 Å². The van der Waals surface area contributed by atoms with Gasteiger partial charge in [0.1, 0.15) is 5.01 Å². The molecule has 0 fully saturated rings. The third-order valence-electron chi connectivity index (χ3n) is 5.55. The number of anilines is 1. The molecule has 0 aliphatic heterocycles. The molecule has 0 saturated heterocycles. The highest BCUT2D eigenvalue weighted by Gasteiger charge is 2.30. The molecule has 6 nitrogen and oxygen atoms in total. The van der Waals surface area contributed by atoms with Crippen molar-refractivity contribution in [1.29, 1.82) is 0 Å². The number of aromatic amines is 1. The molecule has 1 unspecified atom stereocenters. The molecule has 5 aromatic rings. The molecule has 0 radical (unpaired) electrons. The van der Waals surface area contributed by atoms with Crippen LogP contribution in [0.2, 0.25) is 0 Å². The Morgan fingerprint density at radius 3 is 2.57 bits per heavy atom. The fraction of sp³-hybridized carbons (Fsp3) is 0.160. The molecule has 1 atom stereocenters. The first kappa shape index (κ1) is 23.0. The van der Waals surface area contributed by atoms with Crippen LogP contribution in [0.1, 0.15) is 11.1 Å². The first-order valence-electron chi connectivity index (χ1n) is 10.9. The summed E-state index contributed by atoms with van der Waals surface area (Å²) in [6.07, 6.45) is -4.06. The molecule has 2 aromatic heterocycles. The highest BCUT2D eigenvalue weighted by atomic mass is 32.1. The summed E-state index contributed by atoms with van der Waals surface area (Å²) in [4.78, 5) is 0. The lowest BCUT2D eigenvalue weighted by Crippen LogP contribution is -2.31. The molecule has 0 saturated carbocycles. The number of H-pyrrole nitrogens is 1. The summed E-state index contributed by atoms with van der Waals surface area (Å²) in [5.74, 6) is 0. The van der Waals surface area contributed by atoms with Gasteiger partial charge in [-0.3, -0.25) is 5.10 Å². The van der Waals surface area contributed by atoms with Gasteiger partial charge in [-0.15, -0.1) is 10.2 Å². The van der Waals surface area contributed by atoms with Gasteiger partial charge >= 0.3 is 6.18 Å². The summed E-state index contributed by atoms with van der Waals surface area (Å²) >= 11 is 1.38. The number of aromatic nitrogens is 4. The molecule has 5 rings (SSSR count). The largest absolute Gasteiger partial charge is 0.416 e. The predicted octanol–water partition coefficient (Wildman–Crippen LogP) is 5.75. The molecule has 2 heterocycles. The van der Waals surface area contributed by atoms with E-state index in [0.717, 1.165) is 44.9 Å². The first-order valence-corrected chi connectivity index (χ1v) is 11.7. The third-order valence-corrected chi connectivity index (χ3v) is 6.48. The number of hydrogen-bond acceptors (Lipinski definition) is 6. The Hall–Kier alpha value is -3.76. The van der Waals surface area contributed by atoms with Crippen LogP contribution in [0.5, 0.6) is 0 Å². The van der Waals surface area contributed by atoms with Crippen LogP contribution < -0.4 is 11.1 Å². The fourth-order valence-electron chi connectivity index (χ4n) is 3.84. The average molecular weight is 495 g/mol. The van der Waals surface area contributed by atoms with Gasteiger partial charge in [-0.25, -0.2) is 0 Å². The van der Waals surface area contributed by atoms with E-state index in [0.29, 0.717) is 23.7 Å². The zero-order valence-corrected chi connectivity index (χ0v) is 19.2. The van der Waals surface area contributed by atoms with Gasteiger partial charge in [0.05, 0.1) is 16.8 Å². The number of hydrogen-bond donors (Lipinski definition) is 3. The van der Waals surface area contributed by atoms with Crippen LogP contribution in [0.25, 0.3) is 32.7 Å². The maximum absolute atomic E-state index is 12.9. The van der Waals surface area contributed by atoms with Gasteiger partial charge in [0, 0.05) is 29.1 Å². The quantitative estimate of drug-likeness (QED) is 0.268. The van der Waals surface area contributed by atoms with Crippen LogP contribution >= 0.6 is 11.3 Å². The number of halogens is 3. The summed E-state index contributed by atoms with van der Waals surface area (Å²) < 4.78 is 38.8. The summed E-state index contributed by atoms with van der Waals surface area (Å²) in [6, 6.07) is 20.7. The van der Waals surface area contributed by atoms with Crippen molar-refractivity contribution in [3.63, 3.8) is 0 Å². The Morgan fingerprint density at radius 1 is 0.943 bits per heavy atom. The average Bonchev–Trinajstić information content (AvgIpc) is 3.50. The first-order chi connectivity index (χ1) is 16.9. The Morgan fingerprint density at radius 2 is 1.77 bits per heavy atom. The number of nitrogens with zero attached hydrogens (tertiary/aromatic N) is 3. The Bertz CT molecular complexity index is 1440. The fourth-order valence-corrected chi connectivity index (χ4v) is 4.59. The smallest absolute Gasteiger partial charge is 0.359 e. The number of nitrogens with one attached hydrogen (secondary N) is 2. The molecule has 3 aromatic carbocycles. The highest BCUT2D eigenvalue weighted by Crippen LogP contribution is 2.33. The van der Waals surface area contributed by atoms with Crippen molar-refractivity contribution in [2.45, 2.75) is 18.6 Å². The number of benzene rings is 3. The van der Waals surface area contributed by atoms with Crippen LogP contribution in [-0.4, -0.2) is 33.0 Å². The number of nitrogens with two attached hydrogens (primary N) is 1. The van der Waals surface area contributed by atoms with Crippen molar-refractivity contribution in [2.75, 3.05) is 11.9 Å². The summed E-state index contributed by atoms with van der Waals surface area (Å²) in [5.41, 5.74) is 9.74. The van der Waals surface area contributed by atoms with E-state index in [2.05, 4.69) is 25.7 Å². The zero-order valence-electron chi connectivity index (χ0n) is 18.4. The van der Waals surface area contributed by atoms with Gasteiger partial charge in [-0.2, -0.15) is 18.3 Å². The molecule has 0 aliphatic carbocycles. The standard InChI is InChI=1S/C25H21F3N6S/c26-25(27,28)18-8-4-5-15(11-18)12-19(29)14-30-24-34-33-23(35-24)17-9-10-21-20(13-17)22(32-31-21)16-6-2-1-3-7-16/h1-11,13,19H,12,14,29H2,(H,30,34)(H,31,32). The van der Waals surface area contributed by atoms with Crippen LogP contribution in [-0.2, 0) is 12.6 Å². The van der Waals surface area contributed by atoms with Crippen molar-refractivity contribution < 1.29 is 13.2 Å². The topological polar surface area (TPSA) is 92.5 Å². The molecule has 0 spiro atoms. The highest BCUT2D eigenvalue weighted by molar-refractivity contribution is 7.18. The Balaban J connectivity index is 1.27. The second kappa shape index (κ2) is 9.47. The van der Waals surface area contributed by atoms with Crippen LogP contribution in [0.3, 0.4) is 0 Å². The zero-order chi connectivity index (χ0) is 24.4. The van der Waals surface area contributed by atoms with Crippen molar-refractivity contribution in [3.8, 4) is 21.8 Å². The van der Waals surface area contributed by atoms with Gasteiger partial charge < -0.3 is 11.1 Å². The lowest BCUT2D eigenvalue weighted by atomic mass is 10.0. The van der Waals surface area contributed by atoms with E-state index in [9.17, 15) is 13.2 Å². The van der Waals surface area contributed by atoms with Gasteiger partial charge in [0.25, 0.3) is 0 Å². The lowest BCUT2D eigenvalue weighted by Gasteiger charge is -2.13. The van der Waals surface area contributed by atoms with E-state index < -0.39 is 11.7 Å². The van der Waals surface area contributed by atoms with Gasteiger partial charge in [-0.05, 0) is 36.2 Å². The maximum atomic E-state index is 12.9. The normalized spacial score (nSPS) is 12.7.